The lowest BCUT2D eigenvalue weighted by molar-refractivity contribution is -0.384. The van der Waals surface area contributed by atoms with Gasteiger partial charge in [-0.25, -0.2) is 0 Å². The number of benzene rings is 4. The summed E-state index contributed by atoms with van der Waals surface area (Å²) in [7, 11) is 1.46. The Bertz CT molecular complexity index is 1630. The van der Waals surface area contributed by atoms with Crippen LogP contribution in [0.5, 0.6) is 17.2 Å². The van der Waals surface area contributed by atoms with Crippen LogP contribution in [0.2, 0.25) is 5.02 Å². The molecule has 0 saturated carbocycles. The molecular weight excluding hydrogens is 546 g/mol. The molecular formula is C31H24ClN3O6. The Hall–Kier alpha value is -5.33. The molecule has 9 nitrogen and oxygen atoms in total. The first kappa shape index (κ1) is 28.7. The summed E-state index contributed by atoms with van der Waals surface area (Å²) < 4.78 is 17.0. The standard InChI is InChI=1S/C31H24ClN3O6/c1-39-30-17-21(9-14-29(30)41-19-22-5-4-7-26(16-22)35(37)38)15-24(18-33)31(36)34-25-10-12-27(13-11-25)40-20-23-6-2-3-8-28(23)32/h2-17H,19-20H2,1H3,(H,34,36)/b24-15+. The first-order chi connectivity index (χ1) is 19.9. The molecule has 1 amide bonds. The lowest BCUT2D eigenvalue weighted by atomic mass is 10.1. The molecule has 0 aliphatic heterocycles. The van der Waals surface area contributed by atoms with Crippen LogP contribution in [0.3, 0.4) is 0 Å². The van der Waals surface area contributed by atoms with Crippen LogP contribution in [-0.2, 0) is 18.0 Å². The minimum Gasteiger partial charge on any atom is -0.493 e. The van der Waals surface area contributed by atoms with Gasteiger partial charge in [-0.05, 0) is 59.7 Å². The monoisotopic (exact) mass is 569 g/mol. The van der Waals surface area contributed by atoms with E-state index >= 15 is 0 Å². The van der Waals surface area contributed by atoms with E-state index in [0.29, 0.717) is 45.7 Å². The molecule has 0 aromatic heterocycles. The molecule has 1 N–H and O–H groups in total. The van der Waals surface area contributed by atoms with Gasteiger partial charge in [0.1, 0.15) is 30.6 Å². The highest BCUT2D eigenvalue weighted by Gasteiger charge is 2.13. The van der Waals surface area contributed by atoms with Crippen molar-refractivity contribution >= 4 is 35.0 Å². The summed E-state index contributed by atoms with van der Waals surface area (Å²) in [6, 6.07) is 27.1. The van der Waals surface area contributed by atoms with Crippen molar-refractivity contribution in [2.24, 2.45) is 0 Å². The molecule has 0 saturated heterocycles. The zero-order valence-corrected chi connectivity index (χ0v) is 22.6. The van der Waals surface area contributed by atoms with Crippen molar-refractivity contribution in [1.29, 1.82) is 5.26 Å². The minimum absolute atomic E-state index is 0.0291. The number of amides is 1. The summed E-state index contributed by atoms with van der Waals surface area (Å²) in [5, 5.41) is 23.9. The fourth-order valence-electron chi connectivity index (χ4n) is 3.74. The minimum atomic E-state index is -0.581. The van der Waals surface area contributed by atoms with Crippen LogP contribution in [0.4, 0.5) is 11.4 Å². The van der Waals surface area contributed by atoms with Crippen molar-refractivity contribution in [2.75, 3.05) is 12.4 Å². The molecule has 10 heteroatoms. The van der Waals surface area contributed by atoms with Crippen molar-refractivity contribution in [3.05, 3.63) is 128 Å². The first-order valence-electron chi connectivity index (χ1n) is 12.3. The summed E-state index contributed by atoms with van der Waals surface area (Å²) in [5.41, 5.74) is 2.36. The number of carbonyl (C=O) groups is 1. The quantitative estimate of drug-likeness (QED) is 0.0895. The molecule has 0 aliphatic carbocycles. The smallest absolute Gasteiger partial charge is 0.269 e. The van der Waals surface area contributed by atoms with Crippen LogP contribution in [0.25, 0.3) is 6.08 Å². The Morgan fingerprint density at radius 1 is 0.976 bits per heavy atom. The van der Waals surface area contributed by atoms with Crippen LogP contribution < -0.4 is 19.5 Å². The molecule has 0 bridgehead atoms. The topological polar surface area (TPSA) is 124 Å². The number of rotatable bonds is 11. The second kappa shape index (κ2) is 13.6. The van der Waals surface area contributed by atoms with E-state index in [9.17, 15) is 20.2 Å². The van der Waals surface area contributed by atoms with Gasteiger partial charge in [0.25, 0.3) is 11.6 Å². The van der Waals surface area contributed by atoms with Crippen LogP contribution in [-0.4, -0.2) is 17.9 Å². The van der Waals surface area contributed by atoms with E-state index in [-0.39, 0.29) is 17.9 Å². The highest BCUT2D eigenvalue weighted by atomic mass is 35.5. The van der Waals surface area contributed by atoms with Gasteiger partial charge in [0, 0.05) is 28.4 Å². The van der Waals surface area contributed by atoms with Gasteiger partial charge < -0.3 is 19.5 Å². The average Bonchev–Trinajstić information content (AvgIpc) is 2.99. The van der Waals surface area contributed by atoms with E-state index in [2.05, 4.69) is 5.32 Å². The van der Waals surface area contributed by atoms with Gasteiger partial charge >= 0.3 is 0 Å². The maximum atomic E-state index is 12.8. The van der Waals surface area contributed by atoms with Gasteiger partial charge in [-0.3, -0.25) is 14.9 Å². The van der Waals surface area contributed by atoms with E-state index < -0.39 is 10.8 Å². The zero-order chi connectivity index (χ0) is 29.2. The number of hydrogen-bond donors (Lipinski definition) is 1. The van der Waals surface area contributed by atoms with Crippen molar-refractivity contribution < 1.29 is 23.9 Å². The summed E-state index contributed by atoms with van der Waals surface area (Å²) in [6.45, 7) is 0.387. The fourth-order valence-corrected chi connectivity index (χ4v) is 3.93. The summed E-state index contributed by atoms with van der Waals surface area (Å²) in [4.78, 5) is 23.3. The van der Waals surface area contributed by atoms with Crippen LogP contribution in [0.1, 0.15) is 16.7 Å². The maximum absolute atomic E-state index is 12.8. The number of non-ortho nitro benzene ring substituents is 1. The van der Waals surface area contributed by atoms with E-state index in [0.717, 1.165) is 5.56 Å². The second-order valence-electron chi connectivity index (χ2n) is 8.65. The summed E-state index contributed by atoms with van der Waals surface area (Å²) in [6.07, 6.45) is 1.43. The lowest BCUT2D eigenvalue weighted by Gasteiger charge is -2.12. The number of anilines is 1. The summed E-state index contributed by atoms with van der Waals surface area (Å²) >= 11 is 6.16. The number of halogens is 1. The van der Waals surface area contributed by atoms with Crippen LogP contribution in [0.15, 0.2) is 96.6 Å². The maximum Gasteiger partial charge on any atom is 0.269 e. The number of nitro benzene ring substituents is 1. The first-order valence-corrected chi connectivity index (χ1v) is 12.7. The number of nitriles is 1. The van der Waals surface area contributed by atoms with Crippen molar-refractivity contribution in [2.45, 2.75) is 13.2 Å². The second-order valence-corrected chi connectivity index (χ2v) is 9.06. The van der Waals surface area contributed by atoms with Crippen molar-refractivity contribution in [3.8, 4) is 23.3 Å². The molecule has 4 aromatic carbocycles. The SMILES string of the molecule is COc1cc(/C=C(\C#N)C(=O)Nc2ccc(OCc3ccccc3Cl)cc2)ccc1OCc1cccc([N+](=O)[O-])c1. The number of nitro groups is 1. The molecule has 41 heavy (non-hydrogen) atoms. The lowest BCUT2D eigenvalue weighted by Crippen LogP contribution is -2.13. The van der Waals surface area contributed by atoms with E-state index in [1.165, 1.54) is 25.3 Å². The van der Waals surface area contributed by atoms with Gasteiger partial charge in [0.15, 0.2) is 11.5 Å². The number of nitrogens with zero attached hydrogens (tertiary/aromatic N) is 2. The van der Waals surface area contributed by atoms with Gasteiger partial charge in [-0.2, -0.15) is 5.26 Å². The van der Waals surface area contributed by atoms with Crippen molar-refractivity contribution in [1.82, 2.24) is 0 Å². The number of hydrogen-bond acceptors (Lipinski definition) is 7. The molecule has 4 aromatic rings. The van der Waals surface area contributed by atoms with Gasteiger partial charge in [-0.15, -0.1) is 0 Å². The molecule has 0 unspecified atom stereocenters. The third kappa shape index (κ3) is 7.85. The highest BCUT2D eigenvalue weighted by molar-refractivity contribution is 6.31. The number of ether oxygens (including phenoxy) is 3. The van der Waals surface area contributed by atoms with Gasteiger partial charge in [0.05, 0.1) is 12.0 Å². The third-order valence-corrected chi connectivity index (χ3v) is 6.21. The molecule has 0 radical (unpaired) electrons. The van der Waals surface area contributed by atoms with E-state index in [1.54, 1.807) is 60.7 Å². The van der Waals surface area contributed by atoms with E-state index in [1.807, 2.05) is 24.3 Å². The molecule has 206 valence electrons. The average molecular weight is 570 g/mol. The van der Waals surface area contributed by atoms with Gasteiger partial charge in [-0.1, -0.05) is 48.0 Å². The number of methoxy groups -OCH3 is 1. The Morgan fingerprint density at radius 2 is 1.76 bits per heavy atom. The highest BCUT2D eigenvalue weighted by Crippen LogP contribution is 2.30. The van der Waals surface area contributed by atoms with Gasteiger partial charge in [0.2, 0.25) is 0 Å². The number of nitrogens with one attached hydrogen (secondary N) is 1. The predicted octanol–water partition coefficient (Wildman–Crippen LogP) is 6.96. The van der Waals surface area contributed by atoms with Crippen LogP contribution in [0, 0.1) is 21.4 Å². The Kier molecular flexibility index (Phi) is 9.54. The molecule has 0 heterocycles. The number of carbonyl (C=O) groups excluding carboxylic acids is 1. The third-order valence-electron chi connectivity index (χ3n) is 5.84. The Balaban J connectivity index is 1.39. The normalized spacial score (nSPS) is 10.8. The largest absolute Gasteiger partial charge is 0.493 e. The van der Waals surface area contributed by atoms with Crippen LogP contribution >= 0.6 is 11.6 Å². The summed E-state index contributed by atoms with van der Waals surface area (Å²) in [5.74, 6) is 0.784. The van der Waals surface area contributed by atoms with E-state index in [4.69, 9.17) is 25.8 Å². The molecule has 4 rings (SSSR count). The molecule has 0 fully saturated rings. The Labute approximate surface area is 241 Å². The molecule has 0 aliphatic rings. The zero-order valence-electron chi connectivity index (χ0n) is 21.9. The molecule has 0 spiro atoms. The molecule has 0 atom stereocenters. The van der Waals surface area contributed by atoms with Crippen molar-refractivity contribution in [3.63, 3.8) is 0 Å². The predicted molar refractivity (Wildman–Crippen MR) is 155 cm³/mol. The Morgan fingerprint density at radius 3 is 2.46 bits per heavy atom. The fraction of sp³-hybridized carbons (Fsp3) is 0.0968.